The molecule has 1 rings (SSSR count). The van der Waals surface area contributed by atoms with E-state index in [1.54, 1.807) is 0 Å². The van der Waals surface area contributed by atoms with Gasteiger partial charge in [-0.3, -0.25) is 0 Å². The SMILES string of the molecule is Cc1cc(C=CC(=O)O)cc(C)c1OS(=O)(=O)C(F)(F)F. The topological polar surface area (TPSA) is 80.7 Å². The van der Waals surface area contributed by atoms with Crippen LogP contribution in [0.4, 0.5) is 13.2 Å². The molecule has 0 radical (unpaired) electrons. The second-order valence-electron chi connectivity index (χ2n) is 4.14. The Hall–Kier alpha value is -2.03. The van der Waals surface area contributed by atoms with Crippen LogP contribution in [0.1, 0.15) is 16.7 Å². The van der Waals surface area contributed by atoms with Crippen molar-refractivity contribution >= 4 is 22.2 Å². The average Bonchev–Trinajstić information content (AvgIpc) is 2.29. The molecule has 0 atom stereocenters. The van der Waals surface area contributed by atoms with Crippen molar-refractivity contribution in [3.05, 3.63) is 34.9 Å². The molecule has 0 saturated heterocycles. The Morgan fingerprint density at radius 3 is 2.10 bits per heavy atom. The predicted octanol–water partition coefficient (Wildman–Crippen LogP) is 2.63. The van der Waals surface area contributed by atoms with E-state index in [0.29, 0.717) is 5.56 Å². The van der Waals surface area contributed by atoms with Crippen molar-refractivity contribution in [3.8, 4) is 5.75 Å². The van der Waals surface area contributed by atoms with Crippen LogP contribution in [0.25, 0.3) is 6.08 Å². The van der Waals surface area contributed by atoms with E-state index in [9.17, 15) is 26.4 Å². The summed E-state index contributed by atoms with van der Waals surface area (Å²) in [4.78, 5) is 10.4. The first-order valence-electron chi connectivity index (χ1n) is 5.47. The molecule has 0 aromatic heterocycles. The maximum absolute atomic E-state index is 12.3. The summed E-state index contributed by atoms with van der Waals surface area (Å²) in [5.74, 6) is -1.62. The summed E-state index contributed by atoms with van der Waals surface area (Å²) in [6.45, 7) is 2.71. The van der Waals surface area contributed by atoms with Crippen molar-refractivity contribution in [2.75, 3.05) is 0 Å². The van der Waals surface area contributed by atoms with Gasteiger partial charge in [0.05, 0.1) is 0 Å². The highest BCUT2D eigenvalue weighted by atomic mass is 32.2. The van der Waals surface area contributed by atoms with Crippen LogP contribution in [0.2, 0.25) is 0 Å². The Morgan fingerprint density at radius 2 is 1.71 bits per heavy atom. The molecule has 0 aliphatic rings. The van der Waals surface area contributed by atoms with Crippen LogP contribution < -0.4 is 4.18 Å². The normalized spacial score (nSPS) is 12.6. The van der Waals surface area contributed by atoms with Gasteiger partial charge in [-0.1, -0.05) is 0 Å². The quantitative estimate of drug-likeness (QED) is 0.523. The second kappa shape index (κ2) is 5.76. The van der Waals surface area contributed by atoms with Crippen molar-refractivity contribution < 1.29 is 35.7 Å². The van der Waals surface area contributed by atoms with Crippen LogP contribution >= 0.6 is 0 Å². The van der Waals surface area contributed by atoms with E-state index >= 15 is 0 Å². The van der Waals surface area contributed by atoms with Crippen molar-refractivity contribution in [3.63, 3.8) is 0 Å². The van der Waals surface area contributed by atoms with Crippen LogP contribution in [0.5, 0.6) is 5.75 Å². The Bertz CT molecular complexity index is 666. The highest BCUT2D eigenvalue weighted by Crippen LogP contribution is 2.32. The van der Waals surface area contributed by atoms with Gasteiger partial charge in [-0.15, -0.1) is 0 Å². The smallest absolute Gasteiger partial charge is 0.478 e. The molecule has 0 bridgehead atoms. The zero-order valence-corrected chi connectivity index (χ0v) is 11.7. The number of hydrogen-bond donors (Lipinski definition) is 1. The monoisotopic (exact) mass is 324 g/mol. The van der Waals surface area contributed by atoms with Gasteiger partial charge < -0.3 is 9.29 Å². The molecule has 0 amide bonds. The molecule has 1 aromatic rings. The number of aryl methyl sites for hydroxylation is 2. The number of alkyl halides is 3. The predicted molar refractivity (Wildman–Crippen MR) is 68.2 cm³/mol. The molecular formula is C12H11F3O5S. The summed E-state index contributed by atoms with van der Waals surface area (Å²) in [7, 11) is -5.75. The molecule has 0 heterocycles. The Balaban J connectivity index is 3.21. The lowest BCUT2D eigenvalue weighted by Gasteiger charge is -2.14. The third-order valence-corrected chi connectivity index (χ3v) is 3.33. The van der Waals surface area contributed by atoms with Crippen molar-refractivity contribution in [2.24, 2.45) is 0 Å². The first-order valence-corrected chi connectivity index (χ1v) is 6.88. The Labute approximate surface area is 118 Å². The lowest BCUT2D eigenvalue weighted by Crippen LogP contribution is -2.28. The van der Waals surface area contributed by atoms with Gasteiger partial charge in [0.2, 0.25) is 0 Å². The Kier molecular flexibility index (Phi) is 4.67. The molecule has 21 heavy (non-hydrogen) atoms. The zero-order valence-electron chi connectivity index (χ0n) is 10.9. The molecular weight excluding hydrogens is 313 g/mol. The van der Waals surface area contributed by atoms with Gasteiger partial charge in [0.15, 0.2) is 0 Å². The third-order valence-electron chi connectivity index (χ3n) is 2.38. The van der Waals surface area contributed by atoms with E-state index in [1.165, 1.54) is 32.1 Å². The molecule has 5 nitrogen and oxygen atoms in total. The van der Waals surface area contributed by atoms with E-state index in [-0.39, 0.29) is 11.1 Å². The first-order chi connectivity index (χ1) is 9.44. The van der Waals surface area contributed by atoms with Gasteiger partial charge in [0.1, 0.15) is 5.75 Å². The largest absolute Gasteiger partial charge is 0.534 e. The summed E-state index contributed by atoms with van der Waals surface area (Å²) >= 11 is 0. The number of carbonyl (C=O) groups is 1. The molecule has 0 spiro atoms. The molecule has 0 aliphatic heterocycles. The summed E-state index contributed by atoms with van der Waals surface area (Å²) in [5.41, 5.74) is -4.86. The molecule has 116 valence electrons. The van der Waals surface area contributed by atoms with E-state index < -0.39 is 27.3 Å². The molecule has 1 aromatic carbocycles. The number of benzene rings is 1. The fourth-order valence-electron chi connectivity index (χ4n) is 1.54. The minimum Gasteiger partial charge on any atom is -0.478 e. The number of aliphatic carboxylic acids is 1. The van der Waals surface area contributed by atoms with Crippen molar-refractivity contribution in [1.29, 1.82) is 0 Å². The number of halogens is 3. The minimum absolute atomic E-state index is 0.132. The molecule has 9 heteroatoms. The highest BCUT2D eigenvalue weighted by Gasteiger charge is 2.48. The van der Waals surface area contributed by atoms with Gasteiger partial charge in [-0.05, 0) is 48.7 Å². The summed E-state index contributed by atoms with van der Waals surface area (Å²) in [6, 6.07) is 2.63. The van der Waals surface area contributed by atoms with Crippen molar-refractivity contribution in [2.45, 2.75) is 19.4 Å². The maximum Gasteiger partial charge on any atom is 0.534 e. The van der Waals surface area contributed by atoms with Crippen LogP contribution in [0.3, 0.4) is 0 Å². The van der Waals surface area contributed by atoms with Gasteiger partial charge in [0, 0.05) is 6.08 Å². The fourth-order valence-corrected chi connectivity index (χ4v) is 2.11. The Morgan fingerprint density at radius 1 is 1.24 bits per heavy atom. The maximum atomic E-state index is 12.3. The van der Waals surface area contributed by atoms with E-state index in [0.717, 1.165) is 6.08 Å². The summed E-state index contributed by atoms with van der Waals surface area (Å²) in [6.07, 6.45) is 2.07. The van der Waals surface area contributed by atoms with E-state index in [2.05, 4.69) is 4.18 Å². The van der Waals surface area contributed by atoms with Crippen LogP contribution in [0, 0.1) is 13.8 Å². The minimum atomic E-state index is -5.75. The van der Waals surface area contributed by atoms with Gasteiger partial charge >= 0.3 is 21.6 Å². The van der Waals surface area contributed by atoms with Gasteiger partial charge in [-0.25, -0.2) is 4.79 Å². The standard InChI is InChI=1S/C12H11F3O5S/c1-7-5-9(3-4-10(16)17)6-8(2)11(7)20-21(18,19)12(13,14)15/h3-6H,1-2H3,(H,16,17). The number of carboxylic acid groups (broad SMARTS) is 1. The molecule has 0 aliphatic carbocycles. The molecule has 0 fully saturated rings. The zero-order chi connectivity index (χ0) is 16.4. The number of hydrogen-bond acceptors (Lipinski definition) is 4. The second-order valence-corrected chi connectivity index (χ2v) is 5.68. The number of rotatable bonds is 4. The van der Waals surface area contributed by atoms with Crippen LogP contribution in [0.15, 0.2) is 18.2 Å². The van der Waals surface area contributed by atoms with Crippen LogP contribution in [-0.2, 0) is 14.9 Å². The lowest BCUT2D eigenvalue weighted by molar-refractivity contribution is -0.131. The fraction of sp³-hybridized carbons (Fsp3) is 0.250. The highest BCUT2D eigenvalue weighted by molar-refractivity contribution is 7.88. The summed E-state index contributed by atoms with van der Waals surface area (Å²) in [5, 5.41) is 8.49. The van der Waals surface area contributed by atoms with E-state index in [1.807, 2.05) is 0 Å². The molecule has 0 saturated carbocycles. The average molecular weight is 324 g/mol. The van der Waals surface area contributed by atoms with Crippen LogP contribution in [-0.4, -0.2) is 25.0 Å². The number of carboxylic acids is 1. The molecule has 0 unspecified atom stereocenters. The summed E-state index contributed by atoms with van der Waals surface area (Å²) < 4.78 is 62.9. The van der Waals surface area contributed by atoms with Gasteiger partial charge in [0.25, 0.3) is 0 Å². The van der Waals surface area contributed by atoms with Crippen molar-refractivity contribution in [1.82, 2.24) is 0 Å². The van der Waals surface area contributed by atoms with E-state index in [4.69, 9.17) is 5.11 Å². The molecule has 1 N–H and O–H groups in total. The van der Waals surface area contributed by atoms with Gasteiger partial charge in [-0.2, -0.15) is 21.6 Å². The lowest BCUT2D eigenvalue weighted by atomic mass is 10.1. The first kappa shape index (κ1) is 17.0. The third kappa shape index (κ3) is 4.22.